The van der Waals surface area contributed by atoms with Crippen LogP contribution in [0.3, 0.4) is 0 Å². The summed E-state index contributed by atoms with van der Waals surface area (Å²) in [5.74, 6) is 0.697. The SMILES string of the molecule is Clc1nc2c(c(C3CC3)n1)CCCC2. The van der Waals surface area contributed by atoms with Gasteiger partial charge < -0.3 is 0 Å². The first-order chi connectivity index (χ1) is 6.84. The summed E-state index contributed by atoms with van der Waals surface area (Å²) >= 11 is 5.93. The predicted molar refractivity (Wildman–Crippen MR) is 55.7 cm³/mol. The lowest BCUT2D eigenvalue weighted by Crippen LogP contribution is -2.10. The molecule has 1 fully saturated rings. The number of halogens is 1. The summed E-state index contributed by atoms with van der Waals surface area (Å²) in [5.41, 5.74) is 3.90. The van der Waals surface area contributed by atoms with Crippen LogP contribution < -0.4 is 0 Å². The van der Waals surface area contributed by atoms with Crippen molar-refractivity contribution in [2.45, 2.75) is 44.4 Å². The van der Waals surface area contributed by atoms with Crippen LogP contribution >= 0.6 is 11.6 Å². The number of fused-ring (bicyclic) bond motifs is 1. The zero-order valence-corrected chi connectivity index (χ0v) is 8.85. The normalized spacial score (nSPS) is 20.6. The van der Waals surface area contributed by atoms with E-state index in [9.17, 15) is 0 Å². The number of aromatic nitrogens is 2. The van der Waals surface area contributed by atoms with E-state index in [-0.39, 0.29) is 0 Å². The van der Waals surface area contributed by atoms with Gasteiger partial charge >= 0.3 is 0 Å². The first-order valence-corrected chi connectivity index (χ1v) is 5.77. The lowest BCUT2D eigenvalue weighted by molar-refractivity contribution is 0.651. The second-order valence-corrected chi connectivity index (χ2v) is 4.62. The molecule has 2 nitrogen and oxygen atoms in total. The van der Waals surface area contributed by atoms with Crippen LogP contribution in [-0.4, -0.2) is 9.97 Å². The Bertz CT molecular complexity index is 372. The Morgan fingerprint density at radius 1 is 1.07 bits per heavy atom. The molecule has 74 valence electrons. The van der Waals surface area contributed by atoms with Gasteiger partial charge in [-0.2, -0.15) is 0 Å². The van der Waals surface area contributed by atoms with Crippen molar-refractivity contribution in [3.8, 4) is 0 Å². The standard InChI is InChI=1S/C11H13ClN2/c12-11-13-9-4-2-1-3-8(9)10(14-11)7-5-6-7/h7H,1-6H2. The van der Waals surface area contributed by atoms with Gasteiger partial charge in [0.25, 0.3) is 0 Å². The van der Waals surface area contributed by atoms with E-state index >= 15 is 0 Å². The number of rotatable bonds is 1. The molecule has 0 atom stereocenters. The fourth-order valence-corrected chi connectivity index (χ4v) is 2.48. The van der Waals surface area contributed by atoms with E-state index in [0.717, 1.165) is 6.42 Å². The molecule has 1 aromatic rings. The van der Waals surface area contributed by atoms with Crippen LogP contribution in [0.25, 0.3) is 0 Å². The Kier molecular flexibility index (Phi) is 1.98. The highest BCUT2D eigenvalue weighted by molar-refractivity contribution is 6.28. The largest absolute Gasteiger partial charge is 0.223 e. The van der Waals surface area contributed by atoms with Crippen LogP contribution in [0.5, 0.6) is 0 Å². The van der Waals surface area contributed by atoms with Gasteiger partial charge in [-0.3, -0.25) is 0 Å². The highest BCUT2D eigenvalue weighted by atomic mass is 35.5. The van der Waals surface area contributed by atoms with Gasteiger partial charge in [0, 0.05) is 11.6 Å². The molecule has 3 rings (SSSR count). The van der Waals surface area contributed by atoms with Gasteiger partial charge in [0.15, 0.2) is 0 Å². The van der Waals surface area contributed by atoms with Gasteiger partial charge in [0.2, 0.25) is 5.28 Å². The number of hydrogen-bond acceptors (Lipinski definition) is 2. The monoisotopic (exact) mass is 208 g/mol. The Hall–Kier alpha value is -0.630. The van der Waals surface area contributed by atoms with Gasteiger partial charge in [-0.1, -0.05) is 0 Å². The minimum Gasteiger partial charge on any atom is -0.223 e. The maximum absolute atomic E-state index is 5.93. The minimum atomic E-state index is 0.451. The fourth-order valence-electron chi connectivity index (χ4n) is 2.29. The molecule has 1 aromatic heterocycles. The van der Waals surface area contributed by atoms with E-state index in [2.05, 4.69) is 9.97 Å². The van der Waals surface area contributed by atoms with Gasteiger partial charge in [0.1, 0.15) is 0 Å². The Labute approximate surface area is 88.7 Å². The number of aryl methyl sites for hydroxylation is 1. The first-order valence-electron chi connectivity index (χ1n) is 5.40. The molecule has 1 saturated carbocycles. The first kappa shape index (κ1) is 8.66. The summed E-state index contributed by atoms with van der Waals surface area (Å²) in [6.45, 7) is 0. The average molecular weight is 209 g/mol. The summed E-state index contributed by atoms with van der Waals surface area (Å²) in [5, 5.41) is 0.451. The molecule has 0 N–H and O–H groups in total. The molecule has 2 aliphatic rings. The zero-order chi connectivity index (χ0) is 9.54. The summed E-state index contributed by atoms with van der Waals surface area (Å²) in [4.78, 5) is 8.74. The maximum Gasteiger partial charge on any atom is 0.222 e. The summed E-state index contributed by atoms with van der Waals surface area (Å²) in [6.07, 6.45) is 7.39. The van der Waals surface area contributed by atoms with Crippen LogP contribution in [0.4, 0.5) is 0 Å². The predicted octanol–water partition coefficient (Wildman–Crippen LogP) is 2.89. The highest BCUT2D eigenvalue weighted by Crippen LogP contribution is 2.42. The zero-order valence-electron chi connectivity index (χ0n) is 8.09. The van der Waals surface area contributed by atoms with Crippen molar-refractivity contribution in [2.75, 3.05) is 0 Å². The van der Waals surface area contributed by atoms with Crippen molar-refractivity contribution in [3.05, 3.63) is 22.2 Å². The topological polar surface area (TPSA) is 25.8 Å². The van der Waals surface area contributed by atoms with E-state index in [0.29, 0.717) is 11.2 Å². The molecular formula is C11H13ClN2. The van der Waals surface area contributed by atoms with E-state index in [1.165, 1.54) is 49.1 Å². The molecule has 3 heteroatoms. The van der Waals surface area contributed by atoms with Crippen molar-refractivity contribution in [1.82, 2.24) is 9.97 Å². The molecule has 0 amide bonds. The van der Waals surface area contributed by atoms with Gasteiger partial charge in [-0.05, 0) is 55.7 Å². The lowest BCUT2D eigenvalue weighted by atomic mass is 9.93. The average Bonchev–Trinajstić information content (AvgIpc) is 2.99. The molecule has 0 saturated heterocycles. The van der Waals surface area contributed by atoms with Crippen LogP contribution in [0, 0.1) is 0 Å². The van der Waals surface area contributed by atoms with E-state index in [4.69, 9.17) is 11.6 Å². The lowest BCUT2D eigenvalue weighted by Gasteiger charge is -2.17. The summed E-state index contributed by atoms with van der Waals surface area (Å²) in [6, 6.07) is 0. The quantitative estimate of drug-likeness (QED) is 0.664. The fraction of sp³-hybridized carbons (Fsp3) is 0.636. The van der Waals surface area contributed by atoms with E-state index < -0.39 is 0 Å². The molecule has 14 heavy (non-hydrogen) atoms. The molecule has 0 radical (unpaired) electrons. The summed E-state index contributed by atoms with van der Waals surface area (Å²) < 4.78 is 0. The molecule has 0 bridgehead atoms. The molecule has 0 aromatic carbocycles. The highest BCUT2D eigenvalue weighted by Gasteiger charge is 2.30. The molecule has 0 aliphatic heterocycles. The third-order valence-electron chi connectivity index (χ3n) is 3.15. The Balaban J connectivity index is 2.12. The van der Waals surface area contributed by atoms with Crippen molar-refractivity contribution >= 4 is 11.6 Å². The second kappa shape index (κ2) is 3.20. The number of nitrogens with zero attached hydrogens (tertiary/aromatic N) is 2. The summed E-state index contributed by atoms with van der Waals surface area (Å²) in [7, 11) is 0. The van der Waals surface area contributed by atoms with Crippen LogP contribution in [0.15, 0.2) is 0 Å². The Morgan fingerprint density at radius 2 is 1.86 bits per heavy atom. The van der Waals surface area contributed by atoms with Crippen LogP contribution in [-0.2, 0) is 12.8 Å². The van der Waals surface area contributed by atoms with Gasteiger partial charge in [-0.15, -0.1) is 0 Å². The second-order valence-electron chi connectivity index (χ2n) is 4.28. The molecular weight excluding hydrogens is 196 g/mol. The van der Waals surface area contributed by atoms with Crippen molar-refractivity contribution in [2.24, 2.45) is 0 Å². The smallest absolute Gasteiger partial charge is 0.222 e. The van der Waals surface area contributed by atoms with E-state index in [1.54, 1.807) is 0 Å². The molecule has 0 unspecified atom stereocenters. The molecule has 2 aliphatic carbocycles. The van der Waals surface area contributed by atoms with Crippen molar-refractivity contribution < 1.29 is 0 Å². The minimum absolute atomic E-state index is 0.451. The van der Waals surface area contributed by atoms with Crippen LogP contribution in [0.1, 0.15) is 48.6 Å². The van der Waals surface area contributed by atoms with Gasteiger partial charge in [-0.25, -0.2) is 9.97 Å². The van der Waals surface area contributed by atoms with Crippen molar-refractivity contribution in [3.63, 3.8) is 0 Å². The maximum atomic E-state index is 5.93. The van der Waals surface area contributed by atoms with Crippen LogP contribution in [0.2, 0.25) is 5.28 Å². The van der Waals surface area contributed by atoms with Crippen molar-refractivity contribution in [1.29, 1.82) is 0 Å². The Morgan fingerprint density at radius 3 is 2.64 bits per heavy atom. The third-order valence-corrected chi connectivity index (χ3v) is 3.32. The molecule has 0 spiro atoms. The van der Waals surface area contributed by atoms with E-state index in [1.807, 2.05) is 0 Å². The van der Waals surface area contributed by atoms with Gasteiger partial charge in [0.05, 0.1) is 5.69 Å². The molecule has 1 heterocycles. The number of hydrogen-bond donors (Lipinski definition) is 0. The third kappa shape index (κ3) is 1.42.